The Morgan fingerprint density at radius 3 is 2.54 bits per heavy atom. The molecule has 0 aliphatic heterocycles. The number of nitrogens with zero attached hydrogens (tertiary/aromatic N) is 1. The number of aliphatic imine (C=N–C) groups is 1. The van der Waals surface area contributed by atoms with Crippen LogP contribution in [-0.2, 0) is 0 Å². The highest BCUT2D eigenvalue weighted by atomic mass is 19.1. The topological polar surface area (TPSA) is 12.4 Å². The molecular formula is C11H12FN. The van der Waals surface area contributed by atoms with E-state index in [1.165, 1.54) is 0 Å². The lowest BCUT2D eigenvalue weighted by Gasteiger charge is -2.01. The first-order valence-corrected chi connectivity index (χ1v) is 4.51. The number of alkyl halides is 1. The molecule has 0 radical (unpaired) electrons. The zero-order valence-corrected chi connectivity index (χ0v) is 7.41. The average Bonchev–Trinajstić information content (AvgIpc) is 2.97. The molecule has 1 saturated carbocycles. The maximum Gasteiger partial charge on any atom is 0.115 e. The molecule has 0 N–H and O–H groups in total. The van der Waals surface area contributed by atoms with E-state index >= 15 is 0 Å². The van der Waals surface area contributed by atoms with E-state index in [1.54, 1.807) is 6.21 Å². The standard InChI is InChI=1S/C11H12FN/c12-9-11(6-7-11)13-8-10-4-2-1-3-5-10/h1-5,8H,6-7,9H2. The van der Waals surface area contributed by atoms with Gasteiger partial charge in [-0.1, -0.05) is 30.3 Å². The number of hydrogen-bond donors (Lipinski definition) is 0. The minimum atomic E-state index is -0.351. The molecule has 0 amide bonds. The number of benzene rings is 1. The summed E-state index contributed by atoms with van der Waals surface area (Å²) in [4.78, 5) is 4.26. The maximum absolute atomic E-state index is 12.4. The molecule has 1 fully saturated rings. The van der Waals surface area contributed by atoms with E-state index in [0.717, 1.165) is 18.4 Å². The van der Waals surface area contributed by atoms with Gasteiger partial charge in [0.05, 0.1) is 5.54 Å². The van der Waals surface area contributed by atoms with Gasteiger partial charge in [0.15, 0.2) is 0 Å². The van der Waals surface area contributed by atoms with E-state index < -0.39 is 0 Å². The van der Waals surface area contributed by atoms with Gasteiger partial charge in [-0.05, 0) is 18.4 Å². The van der Waals surface area contributed by atoms with Crippen molar-refractivity contribution >= 4 is 6.21 Å². The predicted molar refractivity (Wildman–Crippen MR) is 52.0 cm³/mol. The summed E-state index contributed by atoms with van der Waals surface area (Å²) >= 11 is 0. The van der Waals surface area contributed by atoms with Crippen LogP contribution in [0.4, 0.5) is 4.39 Å². The van der Waals surface area contributed by atoms with Crippen LogP contribution < -0.4 is 0 Å². The average molecular weight is 177 g/mol. The molecule has 2 heteroatoms. The second-order valence-electron chi connectivity index (χ2n) is 3.53. The van der Waals surface area contributed by atoms with Gasteiger partial charge in [0, 0.05) is 6.21 Å². The Balaban J connectivity index is 2.06. The van der Waals surface area contributed by atoms with Crippen LogP contribution in [0.15, 0.2) is 35.3 Å². The Morgan fingerprint density at radius 2 is 2.00 bits per heavy atom. The Kier molecular flexibility index (Phi) is 2.13. The second kappa shape index (κ2) is 3.29. The fraction of sp³-hybridized carbons (Fsp3) is 0.364. The molecule has 0 heterocycles. The maximum atomic E-state index is 12.4. The third-order valence-electron chi connectivity index (χ3n) is 2.36. The van der Waals surface area contributed by atoms with Crippen LogP contribution in [0.25, 0.3) is 0 Å². The number of hydrogen-bond acceptors (Lipinski definition) is 1. The Labute approximate surface area is 77.3 Å². The molecule has 0 saturated heterocycles. The van der Waals surface area contributed by atoms with Crippen LogP contribution in [0, 0.1) is 0 Å². The van der Waals surface area contributed by atoms with Gasteiger partial charge >= 0.3 is 0 Å². The third kappa shape index (κ3) is 1.94. The first-order chi connectivity index (χ1) is 6.35. The number of halogens is 1. The van der Waals surface area contributed by atoms with Gasteiger partial charge in [0.1, 0.15) is 6.67 Å². The SMILES string of the molecule is FCC1(N=Cc2ccccc2)CC1. The van der Waals surface area contributed by atoms with Gasteiger partial charge in [-0.15, -0.1) is 0 Å². The summed E-state index contributed by atoms with van der Waals surface area (Å²) in [7, 11) is 0. The summed E-state index contributed by atoms with van der Waals surface area (Å²) in [6.45, 7) is -0.323. The summed E-state index contributed by atoms with van der Waals surface area (Å²) in [5, 5.41) is 0. The Hall–Kier alpha value is -1.18. The molecule has 68 valence electrons. The summed E-state index contributed by atoms with van der Waals surface area (Å²) < 4.78 is 12.4. The summed E-state index contributed by atoms with van der Waals surface area (Å²) in [5.74, 6) is 0. The van der Waals surface area contributed by atoms with Crippen LogP contribution >= 0.6 is 0 Å². The van der Waals surface area contributed by atoms with Gasteiger partial charge in [-0.3, -0.25) is 4.99 Å². The molecular weight excluding hydrogens is 165 g/mol. The molecule has 0 bridgehead atoms. The van der Waals surface area contributed by atoms with Crippen molar-refractivity contribution in [3.63, 3.8) is 0 Å². The van der Waals surface area contributed by atoms with Crippen molar-refractivity contribution in [3.05, 3.63) is 35.9 Å². The normalized spacial score (nSPS) is 19.2. The van der Waals surface area contributed by atoms with Crippen LogP contribution in [0.2, 0.25) is 0 Å². The van der Waals surface area contributed by atoms with E-state index in [2.05, 4.69) is 4.99 Å². The molecule has 1 aliphatic rings. The quantitative estimate of drug-likeness (QED) is 0.629. The second-order valence-corrected chi connectivity index (χ2v) is 3.53. The Bertz CT molecular complexity index is 301. The van der Waals surface area contributed by atoms with Crippen molar-refractivity contribution in [2.45, 2.75) is 18.4 Å². The van der Waals surface area contributed by atoms with Crippen LogP contribution in [-0.4, -0.2) is 18.4 Å². The molecule has 1 aromatic rings. The van der Waals surface area contributed by atoms with Gasteiger partial charge in [-0.25, -0.2) is 4.39 Å². The van der Waals surface area contributed by atoms with Crippen molar-refractivity contribution in [1.29, 1.82) is 0 Å². The van der Waals surface area contributed by atoms with E-state index in [9.17, 15) is 4.39 Å². The zero-order valence-electron chi connectivity index (χ0n) is 7.41. The van der Waals surface area contributed by atoms with Gasteiger partial charge in [0.25, 0.3) is 0 Å². The summed E-state index contributed by atoms with van der Waals surface area (Å²) in [6.07, 6.45) is 3.56. The van der Waals surface area contributed by atoms with Gasteiger partial charge in [0.2, 0.25) is 0 Å². The predicted octanol–water partition coefficient (Wildman–Crippen LogP) is 2.61. The molecule has 0 aromatic heterocycles. The van der Waals surface area contributed by atoms with Gasteiger partial charge < -0.3 is 0 Å². The fourth-order valence-electron chi connectivity index (χ4n) is 1.19. The van der Waals surface area contributed by atoms with Crippen molar-refractivity contribution in [2.75, 3.05) is 6.67 Å². The van der Waals surface area contributed by atoms with E-state index in [4.69, 9.17) is 0 Å². The highest BCUT2D eigenvalue weighted by molar-refractivity contribution is 5.79. The molecule has 1 nitrogen and oxygen atoms in total. The smallest absolute Gasteiger partial charge is 0.115 e. The van der Waals surface area contributed by atoms with Crippen LogP contribution in [0.3, 0.4) is 0 Å². The first kappa shape index (κ1) is 8.42. The largest absolute Gasteiger partial charge is 0.283 e. The number of rotatable bonds is 3. The molecule has 0 unspecified atom stereocenters. The summed E-state index contributed by atoms with van der Waals surface area (Å²) in [5.41, 5.74) is 0.692. The molecule has 1 aromatic carbocycles. The zero-order chi connectivity index (χ0) is 9.15. The minimum Gasteiger partial charge on any atom is -0.283 e. The van der Waals surface area contributed by atoms with Gasteiger partial charge in [-0.2, -0.15) is 0 Å². The van der Waals surface area contributed by atoms with E-state index in [0.29, 0.717) is 0 Å². The van der Waals surface area contributed by atoms with Crippen LogP contribution in [0.1, 0.15) is 18.4 Å². The monoisotopic (exact) mass is 177 g/mol. The minimum absolute atomic E-state index is 0.323. The van der Waals surface area contributed by atoms with Crippen LogP contribution in [0.5, 0.6) is 0 Å². The van der Waals surface area contributed by atoms with E-state index in [1.807, 2.05) is 30.3 Å². The van der Waals surface area contributed by atoms with Crippen molar-refractivity contribution < 1.29 is 4.39 Å². The third-order valence-corrected chi connectivity index (χ3v) is 2.36. The van der Waals surface area contributed by atoms with Crippen molar-refractivity contribution in [1.82, 2.24) is 0 Å². The lowest BCUT2D eigenvalue weighted by Crippen LogP contribution is -2.07. The fourth-order valence-corrected chi connectivity index (χ4v) is 1.19. The highest BCUT2D eigenvalue weighted by Crippen LogP contribution is 2.39. The van der Waals surface area contributed by atoms with E-state index in [-0.39, 0.29) is 12.2 Å². The molecule has 0 atom stereocenters. The lowest BCUT2D eigenvalue weighted by atomic mass is 10.2. The molecule has 2 rings (SSSR count). The van der Waals surface area contributed by atoms with Crippen molar-refractivity contribution in [2.24, 2.45) is 4.99 Å². The molecule has 13 heavy (non-hydrogen) atoms. The summed E-state index contributed by atoms with van der Waals surface area (Å²) in [6, 6.07) is 9.81. The molecule has 0 spiro atoms. The lowest BCUT2D eigenvalue weighted by molar-refractivity contribution is 0.420. The highest BCUT2D eigenvalue weighted by Gasteiger charge is 2.42. The first-order valence-electron chi connectivity index (χ1n) is 4.51. The van der Waals surface area contributed by atoms with Crippen molar-refractivity contribution in [3.8, 4) is 0 Å². The Morgan fingerprint density at radius 1 is 1.31 bits per heavy atom. The molecule has 1 aliphatic carbocycles.